The molecule has 2 aliphatic rings. The molecule has 1 aliphatic heterocycles. The molecule has 0 spiro atoms. The molecule has 0 atom stereocenters. The van der Waals surface area contributed by atoms with Gasteiger partial charge in [-0.25, -0.2) is 0 Å². The molecule has 2 aromatic rings. The van der Waals surface area contributed by atoms with E-state index in [9.17, 15) is 9.59 Å². The van der Waals surface area contributed by atoms with Crippen molar-refractivity contribution in [2.75, 3.05) is 13.2 Å². The number of carbonyl (C=O) groups excluding carboxylic acids is 2. The summed E-state index contributed by atoms with van der Waals surface area (Å²) in [6, 6.07) is 10.6. The van der Waals surface area contributed by atoms with E-state index in [2.05, 4.69) is 0 Å². The van der Waals surface area contributed by atoms with E-state index in [0.717, 1.165) is 24.8 Å². The first-order valence-electron chi connectivity index (χ1n) is 9.32. The quantitative estimate of drug-likeness (QED) is 0.833. The van der Waals surface area contributed by atoms with Crippen LogP contribution in [0.1, 0.15) is 45.5 Å². The number of halogens is 1. The molecule has 0 unspecified atom stereocenters. The Balaban J connectivity index is 1.58. The molecule has 28 heavy (non-hydrogen) atoms. The minimum atomic E-state index is -0.469. The number of hydrogen-bond acceptors (Lipinski definition) is 4. The maximum Gasteiger partial charge on any atom is 0.254 e. The first-order valence-corrected chi connectivity index (χ1v) is 9.69. The van der Waals surface area contributed by atoms with Crippen LogP contribution in [0.25, 0.3) is 0 Å². The van der Waals surface area contributed by atoms with Crippen LogP contribution < -0.4 is 15.2 Å². The topological polar surface area (TPSA) is 81.9 Å². The fourth-order valence-corrected chi connectivity index (χ4v) is 3.51. The summed E-state index contributed by atoms with van der Waals surface area (Å²) in [5.74, 6) is 0.438. The summed E-state index contributed by atoms with van der Waals surface area (Å²) in [7, 11) is 0. The van der Waals surface area contributed by atoms with E-state index in [0.29, 0.717) is 47.4 Å². The third-order valence-electron chi connectivity index (χ3n) is 4.89. The van der Waals surface area contributed by atoms with Crippen molar-refractivity contribution >= 4 is 23.4 Å². The van der Waals surface area contributed by atoms with Crippen molar-refractivity contribution in [2.24, 2.45) is 5.73 Å². The zero-order valence-electron chi connectivity index (χ0n) is 15.3. The lowest BCUT2D eigenvalue weighted by atomic mass is 10.1. The van der Waals surface area contributed by atoms with Crippen molar-refractivity contribution in [1.82, 2.24) is 4.90 Å². The third-order valence-corrected chi connectivity index (χ3v) is 5.17. The van der Waals surface area contributed by atoms with Gasteiger partial charge < -0.3 is 20.1 Å². The molecule has 2 N–H and O–H groups in total. The molecule has 1 aliphatic carbocycles. The highest BCUT2D eigenvalue weighted by atomic mass is 35.5. The second kappa shape index (κ2) is 7.72. The molecule has 146 valence electrons. The van der Waals surface area contributed by atoms with Crippen molar-refractivity contribution in [2.45, 2.75) is 31.8 Å². The molecule has 2 aromatic carbocycles. The fraction of sp³-hybridized carbons (Fsp3) is 0.333. The van der Waals surface area contributed by atoms with Crippen LogP contribution >= 0.6 is 11.6 Å². The van der Waals surface area contributed by atoms with Gasteiger partial charge in [-0.05, 0) is 42.7 Å². The van der Waals surface area contributed by atoms with Gasteiger partial charge in [-0.3, -0.25) is 9.59 Å². The Morgan fingerprint density at radius 3 is 2.46 bits per heavy atom. The van der Waals surface area contributed by atoms with Gasteiger partial charge in [0.15, 0.2) is 11.5 Å². The Morgan fingerprint density at radius 2 is 1.79 bits per heavy atom. The number of primary amides is 1. The van der Waals surface area contributed by atoms with E-state index >= 15 is 0 Å². The summed E-state index contributed by atoms with van der Waals surface area (Å²) >= 11 is 6.35. The van der Waals surface area contributed by atoms with Crippen LogP contribution in [0, 0.1) is 0 Å². The highest BCUT2D eigenvalue weighted by Gasteiger charge is 2.34. The van der Waals surface area contributed by atoms with Crippen LogP contribution in [0.5, 0.6) is 11.5 Å². The van der Waals surface area contributed by atoms with Gasteiger partial charge in [0.25, 0.3) is 5.91 Å². The van der Waals surface area contributed by atoms with Crippen molar-refractivity contribution in [3.05, 3.63) is 58.1 Å². The van der Waals surface area contributed by atoms with E-state index in [1.54, 1.807) is 24.3 Å². The Kier molecular flexibility index (Phi) is 5.13. The number of amides is 2. The molecular formula is C21H21ClN2O4. The van der Waals surface area contributed by atoms with Gasteiger partial charge in [0, 0.05) is 30.1 Å². The molecule has 0 radical (unpaired) electrons. The van der Waals surface area contributed by atoms with Crippen molar-refractivity contribution in [3.63, 3.8) is 0 Å². The second-order valence-corrected chi connectivity index (χ2v) is 7.47. The highest BCUT2D eigenvalue weighted by Crippen LogP contribution is 2.39. The predicted molar refractivity (Wildman–Crippen MR) is 105 cm³/mol. The Labute approximate surface area is 168 Å². The molecule has 0 bridgehead atoms. The summed E-state index contributed by atoms with van der Waals surface area (Å²) < 4.78 is 11.3. The molecule has 1 heterocycles. The molecule has 0 saturated heterocycles. The number of fused-ring (bicyclic) bond motifs is 1. The molecular weight excluding hydrogens is 380 g/mol. The number of hydrogen-bond donors (Lipinski definition) is 1. The third kappa shape index (κ3) is 3.92. The lowest BCUT2D eigenvalue weighted by Gasteiger charge is -2.23. The summed E-state index contributed by atoms with van der Waals surface area (Å²) in [6.45, 7) is 1.52. The average molecular weight is 401 g/mol. The fourth-order valence-electron chi connectivity index (χ4n) is 3.24. The van der Waals surface area contributed by atoms with Gasteiger partial charge in [-0.15, -0.1) is 0 Å². The van der Waals surface area contributed by atoms with E-state index in [1.807, 2.05) is 17.0 Å². The zero-order valence-corrected chi connectivity index (χ0v) is 16.1. The van der Waals surface area contributed by atoms with Crippen molar-refractivity contribution in [3.8, 4) is 11.5 Å². The minimum Gasteiger partial charge on any atom is -0.489 e. The first-order chi connectivity index (χ1) is 13.5. The lowest BCUT2D eigenvalue weighted by molar-refractivity contribution is 0.0729. The molecule has 1 saturated carbocycles. The van der Waals surface area contributed by atoms with Gasteiger partial charge in [0.1, 0.15) is 0 Å². The Morgan fingerprint density at radius 1 is 1.07 bits per heavy atom. The SMILES string of the molecule is NC(=O)c1ccc(CN(C(=O)c2cc(Cl)c3c(c2)OCCCO3)C2CC2)cc1. The zero-order chi connectivity index (χ0) is 19.7. The van der Waals surface area contributed by atoms with E-state index in [4.69, 9.17) is 26.8 Å². The molecule has 1 fully saturated rings. The van der Waals surface area contributed by atoms with Gasteiger partial charge >= 0.3 is 0 Å². The largest absolute Gasteiger partial charge is 0.489 e. The minimum absolute atomic E-state index is 0.0981. The average Bonchev–Trinajstić information content (AvgIpc) is 3.53. The van der Waals surface area contributed by atoms with Crippen LogP contribution in [0.4, 0.5) is 0 Å². The number of ether oxygens (including phenoxy) is 2. The van der Waals surface area contributed by atoms with Gasteiger partial charge in [-0.2, -0.15) is 0 Å². The standard InChI is InChI=1S/C21H21ClN2O4/c22-17-10-15(11-18-19(17)28-9-1-8-27-18)21(26)24(16-6-7-16)12-13-2-4-14(5-3-13)20(23)25/h2-5,10-11,16H,1,6-9,12H2,(H2,23,25). The lowest BCUT2D eigenvalue weighted by Crippen LogP contribution is -2.32. The molecule has 2 amide bonds. The number of carbonyl (C=O) groups is 2. The van der Waals surface area contributed by atoms with Crippen LogP contribution in [-0.2, 0) is 6.54 Å². The highest BCUT2D eigenvalue weighted by molar-refractivity contribution is 6.32. The summed E-state index contributed by atoms with van der Waals surface area (Å²) in [4.78, 5) is 26.3. The molecule has 0 aromatic heterocycles. The van der Waals surface area contributed by atoms with E-state index in [1.165, 1.54) is 0 Å². The van der Waals surface area contributed by atoms with Crippen LogP contribution in [0.3, 0.4) is 0 Å². The summed E-state index contributed by atoms with van der Waals surface area (Å²) in [6.07, 6.45) is 2.72. The molecule has 4 rings (SSSR count). The van der Waals surface area contributed by atoms with Crippen molar-refractivity contribution < 1.29 is 19.1 Å². The van der Waals surface area contributed by atoms with Gasteiger partial charge in [-0.1, -0.05) is 23.7 Å². The predicted octanol–water partition coefficient (Wildman–Crippen LogP) is 3.41. The summed E-state index contributed by atoms with van der Waals surface area (Å²) in [5, 5.41) is 0.379. The number of nitrogens with zero attached hydrogens (tertiary/aromatic N) is 1. The smallest absolute Gasteiger partial charge is 0.254 e. The number of benzene rings is 2. The summed E-state index contributed by atoms with van der Waals surface area (Å²) in [5.41, 5.74) is 7.15. The monoisotopic (exact) mass is 400 g/mol. The normalized spacial score (nSPS) is 15.6. The first kappa shape index (κ1) is 18.6. The maximum atomic E-state index is 13.2. The second-order valence-electron chi connectivity index (χ2n) is 7.06. The van der Waals surface area contributed by atoms with Gasteiger partial charge in [0.05, 0.1) is 18.2 Å². The number of nitrogens with two attached hydrogens (primary N) is 1. The molecule has 6 nitrogen and oxygen atoms in total. The van der Waals surface area contributed by atoms with E-state index < -0.39 is 5.91 Å². The maximum absolute atomic E-state index is 13.2. The van der Waals surface area contributed by atoms with Crippen LogP contribution in [0.2, 0.25) is 5.02 Å². The van der Waals surface area contributed by atoms with Crippen LogP contribution in [0.15, 0.2) is 36.4 Å². The Hall–Kier alpha value is -2.73. The van der Waals surface area contributed by atoms with Crippen molar-refractivity contribution in [1.29, 1.82) is 0 Å². The van der Waals surface area contributed by atoms with Crippen LogP contribution in [-0.4, -0.2) is 36.0 Å². The molecule has 7 heteroatoms. The van der Waals surface area contributed by atoms with Gasteiger partial charge in [0.2, 0.25) is 5.91 Å². The van der Waals surface area contributed by atoms with E-state index in [-0.39, 0.29) is 11.9 Å². The Bertz CT molecular complexity index is 909. The number of rotatable bonds is 5.